The molecule has 0 spiro atoms. The maximum atomic E-state index is 13.6. The van der Waals surface area contributed by atoms with Crippen molar-refractivity contribution in [3.63, 3.8) is 0 Å². The highest BCUT2D eigenvalue weighted by Crippen LogP contribution is 2.45. The molecule has 5 nitrogen and oxygen atoms in total. The number of rotatable bonds is 5. The first-order valence-corrected chi connectivity index (χ1v) is 10.7. The number of ether oxygens (including phenoxy) is 1. The van der Waals surface area contributed by atoms with Gasteiger partial charge < -0.3 is 4.74 Å². The summed E-state index contributed by atoms with van der Waals surface area (Å²) in [6, 6.07) is 12.7. The fourth-order valence-electron chi connectivity index (χ4n) is 4.04. The molecule has 0 aromatic heterocycles. The van der Waals surface area contributed by atoms with E-state index in [1.165, 1.54) is 24.8 Å². The number of hydrogen-bond donors (Lipinski definition) is 0. The molecule has 0 radical (unpaired) electrons. The molecule has 0 saturated heterocycles. The van der Waals surface area contributed by atoms with Crippen molar-refractivity contribution in [2.45, 2.75) is 49.6 Å². The van der Waals surface area contributed by atoms with E-state index in [4.69, 9.17) is 4.74 Å². The van der Waals surface area contributed by atoms with Crippen LogP contribution in [0.4, 0.5) is 0 Å². The third kappa shape index (κ3) is 3.17. The highest BCUT2D eigenvalue weighted by Gasteiger charge is 2.45. The fraction of sp³-hybridized carbons (Fsp3) is 0.381. The third-order valence-corrected chi connectivity index (χ3v) is 7.59. The zero-order valence-electron chi connectivity index (χ0n) is 15.5. The maximum Gasteiger partial charge on any atom is 0.337 e. The van der Waals surface area contributed by atoms with Gasteiger partial charge in [0.1, 0.15) is 0 Å². The molecule has 0 aliphatic heterocycles. The molecule has 2 aliphatic rings. The van der Waals surface area contributed by atoms with Crippen LogP contribution in [-0.2, 0) is 21.2 Å². The monoisotopic (exact) mass is 385 g/mol. The second-order valence-electron chi connectivity index (χ2n) is 7.29. The Balaban J connectivity index is 1.75. The maximum absolute atomic E-state index is 13.6. The number of hydrogen-bond acceptors (Lipinski definition) is 4. The minimum atomic E-state index is -3.66. The lowest BCUT2D eigenvalue weighted by Gasteiger charge is -2.29. The summed E-state index contributed by atoms with van der Waals surface area (Å²) in [7, 11) is -2.35. The molecule has 0 heterocycles. The number of nitrogens with zero attached hydrogens (tertiary/aromatic N) is 1. The van der Waals surface area contributed by atoms with E-state index in [2.05, 4.69) is 6.07 Å². The molecule has 0 amide bonds. The molecule has 1 saturated carbocycles. The number of aryl methyl sites for hydroxylation is 2. The van der Waals surface area contributed by atoms with Gasteiger partial charge in [0, 0.05) is 6.04 Å². The normalized spacial score (nSPS) is 19.1. The van der Waals surface area contributed by atoms with Crippen LogP contribution in [-0.4, -0.2) is 31.8 Å². The molecule has 1 unspecified atom stereocenters. The van der Waals surface area contributed by atoms with Crippen LogP contribution in [0.3, 0.4) is 0 Å². The third-order valence-electron chi connectivity index (χ3n) is 5.47. The molecule has 1 atom stereocenters. The van der Waals surface area contributed by atoms with Gasteiger partial charge in [-0.1, -0.05) is 24.3 Å². The SMILES string of the molecule is COC(=O)c1ccc(S(=O)(=O)N(C2CC2)C2CCc3ccccc32)c(C)c1. The van der Waals surface area contributed by atoms with Gasteiger partial charge >= 0.3 is 5.97 Å². The standard InChI is InChI=1S/C21H23NO4S/c1-14-13-16(21(23)26-2)8-12-20(14)27(24,25)22(17-9-10-17)19-11-7-15-5-3-4-6-18(15)19/h3-6,8,12-13,17,19H,7,9-11H2,1-2H3. The van der Waals surface area contributed by atoms with E-state index in [-0.39, 0.29) is 17.0 Å². The van der Waals surface area contributed by atoms with Gasteiger partial charge in [-0.25, -0.2) is 13.2 Å². The van der Waals surface area contributed by atoms with Gasteiger partial charge in [-0.05, 0) is 67.5 Å². The molecule has 0 N–H and O–H groups in total. The summed E-state index contributed by atoms with van der Waals surface area (Å²) in [4.78, 5) is 12.0. The van der Waals surface area contributed by atoms with E-state index in [9.17, 15) is 13.2 Å². The van der Waals surface area contributed by atoms with Gasteiger partial charge in [-0.15, -0.1) is 0 Å². The first-order chi connectivity index (χ1) is 12.9. The van der Waals surface area contributed by atoms with Crippen molar-refractivity contribution in [1.82, 2.24) is 4.31 Å². The van der Waals surface area contributed by atoms with Crippen molar-refractivity contribution in [3.8, 4) is 0 Å². The van der Waals surface area contributed by atoms with Gasteiger partial charge in [0.2, 0.25) is 10.0 Å². The van der Waals surface area contributed by atoms with Gasteiger partial charge in [-0.2, -0.15) is 4.31 Å². The molecule has 6 heteroatoms. The van der Waals surface area contributed by atoms with Gasteiger partial charge in [0.15, 0.2) is 0 Å². The van der Waals surface area contributed by atoms with Crippen LogP contribution in [0.2, 0.25) is 0 Å². The summed E-state index contributed by atoms with van der Waals surface area (Å²) in [6.45, 7) is 1.73. The number of benzene rings is 2. The van der Waals surface area contributed by atoms with Crippen LogP contribution >= 0.6 is 0 Å². The second-order valence-corrected chi connectivity index (χ2v) is 9.10. The Labute approximate surface area is 160 Å². The van der Waals surface area contributed by atoms with E-state index < -0.39 is 16.0 Å². The molecule has 2 aliphatic carbocycles. The highest BCUT2D eigenvalue weighted by atomic mass is 32.2. The van der Waals surface area contributed by atoms with E-state index in [0.29, 0.717) is 11.1 Å². The number of carbonyl (C=O) groups is 1. The first-order valence-electron chi connectivity index (χ1n) is 9.24. The number of fused-ring (bicyclic) bond motifs is 1. The lowest BCUT2D eigenvalue weighted by Crippen LogP contribution is -2.36. The topological polar surface area (TPSA) is 63.7 Å². The summed E-state index contributed by atoms with van der Waals surface area (Å²) < 4.78 is 33.6. The minimum absolute atomic E-state index is 0.0610. The molecule has 2 aromatic carbocycles. The Bertz CT molecular complexity index is 995. The van der Waals surface area contributed by atoms with Crippen molar-refractivity contribution >= 4 is 16.0 Å². The molecule has 142 valence electrons. The van der Waals surface area contributed by atoms with Crippen molar-refractivity contribution < 1.29 is 17.9 Å². The number of carbonyl (C=O) groups excluding carboxylic acids is 1. The van der Waals surface area contributed by atoms with Crippen LogP contribution in [0.1, 0.15) is 52.4 Å². The predicted octanol–water partition coefficient (Wildman–Crippen LogP) is 3.62. The van der Waals surface area contributed by atoms with Crippen LogP contribution < -0.4 is 0 Å². The molecule has 0 bridgehead atoms. The smallest absolute Gasteiger partial charge is 0.337 e. The average molecular weight is 385 g/mol. The Morgan fingerprint density at radius 3 is 2.52 bits per heavy atom. The summed E-state index contributed by atoms with van der Waals surface area (Å²) in [5, 5.41) is 0. The van der Waals surface area contributed by atoms with Crippen molar-refractivity contribution in [1.29, 1.82) is 0 Å². The average Bonchev–Trinajstić information content (AvgIpc) is 3.40. The minimum Gasteiger partial charge on any atom is -0.465 e. The summed E-state index contributed by atoms with van der Waals surface area (Å²) in [6.07, 6.45) is 3.52. The highest BCUT2D eigenvalue weighted by molar-refractivity contribution is 7.89. The largest absolute Gasteiger partial charge is 0.465 e. The number of esters is 1. The summed E-state index contributed by atoms with van der Waals surface area (Å²) in [5.74, 6) is -0.467. The first kappa shape index (κ1) is 18.2. The molecular weight excluding hydrogens is 362 g/mol. The summed E-state index contributed by atoms with van der Waals surface area (Å²) >= 11 is 0. The Morgan fingerprint density at radius 1 is 1.11 bits per heavy atom. The van der Waals surface area contributed by atoms with Gasteiger partial charge in [0.05, 0.1) is 23.6 Å². The Kier molecular flexibility index (Phi) is 4.56. The number of methoxy groups -OCH3 is 1. The van der Waals surface area contributed by atoms with Crippen molar-refractivity contribution in [3.05, 3.63) is 64.7 Å². The van der Waals surface area contributed by atoms with Crippen molar-refractivity contribution in [2.75, 3.05) is 7.11 Å². The van der Waals surface area contributed by atoms with Crippen LogP contribution in [0, 0.1) is 6.92 Å². The van der Waals surface area contributed by atoms with E-state index >= 15 is 0 Å². The van der Waals surface area contributed by atoms with E-state index in [0.717, 1.165) is 31.2 Å². The molecule has 27 heavy (non-hydrogen) atoms. The number of sulfonamides is 1. The molecular formula is C21H23NO4S. The van der Waals surface area contributed by atoms with E-state index in [1.807, 2.05) is 18.2 Å². The zero-order chi connectivity index (χ0) is 19.2. The lowest BCUT2D eigenvalue weighted by atomic mass is 10.1. The quantitative estimate of drug-likeness (QED) is 0.738. The molecule has 4 rings (SSSR count). The van der Waals surface area contributed by atoms with Crippen LogP contribution in [0.5, 0.6) is 0 Å². The predicted molar refractivity (Wildman–Crippen MR) is 102 cm³/mol. The summed E-state index contributed by atoms with van der Waals surface area (Å²) in [5.41, 5.74) is 3.28. The fourth-order valence-corrected chi connectivity index (χ4v) is 6.13. The van der Waals surface area contributed by atoms with E-state index in [1.54, 1.807) is 17.3 Å². The van der Waals surface area contributed by atoms with Crippen molar-refractivity contribution in [2.24, 2.45) is 0 Å². The van der Waals surface area contributed by atoms with Gasteiger partial charge in [-0.3, -0.25) is 0 Å². The van der Waals surface area contributed by atoms with Crippen LogP contribution in [0.15, 0.2) is 47.4 Å². The lowest BCUT2D eigenvalue weighted by molar-refractivity contribution is 0.0600. The Hall–Kier alpha value is -2.18. The van der Waals surface area contributed by atoms with Crippen LogP contribution in [0.25, 0.3) is 0 Å². The Morgan fingerprint density at radius 2 is 1.85 bits per heavy atom. The zero-order valence-corrected chi connectivity index (χ0v) is 16.3. The molecule has 2 aromatic rings. The molecule has 1 fully saturated rings. The second kappa shape index (κ2) is 6.77. The van der Waals surface area contributed by atoms with Gasteiger partial charge in [0.25, 0.3) is 0 Å².